The lowest BCUT2D eigenvalue weighted by Crippen LogP contribution is -2.43. The Morgan fingerprint density at radius 2 is 0.975 bits per heavy atom. The van der Waals surface area contributed by atoms with Gasteiger partial charge >= 0.3 is 0 Å². The van der Waals surface area contributed by atoms with Crippen LogP contribution in [-0.4, -0.2) is 115 Å². The maximum atomic E-state index is 12.6. The van der Waals surface area contributed by atoms with E-state index in [4.69, 9.17) is 0 Å². The van der Waals surface area contributed by atoms with Crippen molar-refractivity contribution in [1.29, 1.82) is 0 Å². The lowest BCUT2D eigenvalue weighted by atomic mass is 10.1. The molecule has 0 saturated carbocycles. The highest BCUT2D eigenvalue weighted by molar-refractivity contribution is 6.21. The van der Waals surface area contributed by atoms with Gasteiger partial charge < -0.3 is 8.97 Å². The van der Waals surface area contributed by atoms with Crippen molar-refractivity contribution < 1.29 is 28.1 Å². The average molecular weight is 550 g/mol. The van der Waals surface area contributed by atoms with Gasteiger partial charge in [-0.15, -0.1) is 0 Å². The summed E-state index contributed by atoms with van der Waals surface area (Å²) in [5, 5.41) is 0. The summed E-state index contributed by atoms with van der Waals surface area (Å²) in [6, 6.07) is 10.4. The molecular weight excluding hydrogens is 506 g/mol. The number of amides is 4. The summed E-state index contributed by atoms with van der Waals surface area (Å²) in [6.45, 7) is 4.83. The van der Waals surface area contributed by atoms with Gasteiger partial charge in [-0.05, 0) is 49.9 Å². The second kappa shape index (κ2) is 12.4. The molecule has 1 aromatic heterocycles. The Bertz CT molecular complexity index is 1100. The van der Waals surface area contributed by atoms with Gasteiger partial charge in [0.05, 0.1) is 71.1 Å². The van der Waals surface area contributed by atoms with E-state index < -0.39 is 0 Å². The van der Waals surface area contributed by atoms with Gasteiger partial charge in [-0.1, -0.05) is 12.1 Å². The lowest BCUT2D eigenvalue weighted by molar-refractivity contribution is -0.891. The van der Waals surface area contributed by atoms with E-state index in [1.54, 1.807) is 42.6 Å². The number of carbonyl (C=O) groups excluding carboxylic acids is 4. The van der Waals surface area contributed by atoms with Gasteiger partial charge in [-0.2, -0.15) is 0 Å². The molecule has 1 aromatic carbocycles. The topological polar surface area (TPSA) is 87.7 Å². The molecule has 214 valence electrons. The Labute approximate surface area is 237 Å². The average Bonchev–Trinajstić information content (AvgIpc) is 3.31. The SMILES string of the molecule is C[N+](C)(CCCCCC[N+](C)(C)CCCN1C(=O)c2cccnc2C1=O)CCCN1C(=O)c2ccccc2C1=O. The second-order valence-electron chi connectivity index (χ2n) is 12.4. The summed E-state index contributed by atoms with van der Waals surface area (Å²) >= 11 is 0. The van der Waals surface area contributed by atoms with Crippen molar-refractivity contribution in [2.24, 2.45) is 0 Å². The number of benzene rings is 1. The molecule has 0 atom stereocenters. The number of fused-ring (bicyclic) bond motifs is 2. The third-order valence-electron chi connectivity index (χ3n) is 8.18. The number of pyridine rings is 1. The van der Waals surface area contributed by atoms with Gasteiger partial charge in [0, 0.05) is 32.1 Å². The zero-order valence-electron chi connectivity index (χ0n) is 24.4. The molecule has 0 radical (unpaired) electrons. The van der Waals surface area contributed by atoms with Crippen LogP contribution < -0.4 is 0 Å². The molecule has 40 heavy (non-hydrogen) atoms. The van der Waals surface area contributed by atoms with Gasteiger partial charge in [-0.3, -0.25) is 34.0 Å². The zero-order chi connectivity index (χ0) is 28.9. The van der Waals surface area contributed by atoms with Crippen LogP contribution in [0.25, 0.3) is 0 Å². The first-order chi connectivity index (χ1) is 19.0. The number of nitrogens with zero attached hydrogens (tertiary/aromatic N) is 5. The number of hydrogen-bond acceptors (Lipinski definition) is 5. The molecule has 0 saturated heterocycles. The molecule has 2 aliphatic rings. The third-order valence-corrected chi connectivity index (χ3v) is 8.18. The second-order valence-corrected chi connectivity index (χ2v) is 12.4. The quantitative estimate of drug-likeness (QED) is 0.193. The Morgan fingerprint density at radius 3 is 1.48 bits per heavy atom. The molecule has 0 N–H and O–H groups in total. The van der Waals surface area contributed by atoms with Crippen LogP contribution in [0.3, 0.4) is 0 Å². The van der Waals surface area contributed by atoms with Gasteiger partial charge in [0.15, 0.2) is 0 Å². The molecular formula is C31H43N5O4+2. The van der Waals surface area contributed by atoms with Crippen molar-refractivity contribution in [2.75, 3.05) is 67.5 Å². The Morgan fingerprint density at radius 1 is 0.550 bits per heavy atom. The molecule has 2 aliphatic heterocycles. The molecule has 4 rings (SSSR count). The monoisotopic (exact) mass is 549 g/mol. The van der Waals surface area contributed by atoms with Crippen LogP contribution in [0.15, 0.2) is 42.6 Å². The minimum absolute atomic E-state index is 0.173. The van der Waals surface area contributed by atoms with E-state index in [0.29, 0.717) is 29.8 Å². The van der Waals surface area contributed by atoms with Crippen LogP contribution in [0.5, 0.6) is 0 Å². The molecule has 0 unspecified atom stereocenters. The van der Waals surface area contributed by atoms with Gasteiger partial charge in [0.25, 0.3) is 23.6 Å². The van der Waals surface area contributed by atoms with Crippen LogP contribution >= 0.6 is 0 Å². The summed E-state index contributed by atoms with van der Waals surface area (Å²) in [5.41, 5.74) is 1.71. The predicted octanol–water partition coefficient (Wildman–Crippen LogP) is 3.47. The van der Waals surface area contributed by atoms with Gasteiger partial charge in [0.1, 0.15) is 5.69 Å². The molecule has 0 aliphatic carbocycles. The molecule has 9 heteroatoms. The number of hydrogen-bond donors (Lipinski definition) is 0. The highest BCUT2D eigenvalue weighted by atomic mass is 16.2. The van der Waals surface area contributed by atoms with Crippen molar-refractivity contribution in [3.8, 4) is 0 Å². The first kappa shape index (κ1) is 29.6. The van der Waals surface area contributed by atoms with Gasteiger partial charge in [-0.25, -0.2) is 0 Å². The van der Waals surface area contributed by atoms with Gasteiger partial charge in [0.2, 0.25) is 0 Å². The van der Waals surface area contributed by atoms with E-state index in [2.05, 4.69) is 33.2 Å². The predicted molar refractivity (Wildman–Crippen MR) is 153 cm³/mol. The maximum Gasteiger partial charge on any atom is 0.280 e. The van der Waals surface area contributed by atoms with E-state index in [1.165, 1.54) is 22.6 Å². The number of aromatic nitrogens is 1. The number of unbranched alkanes of at least 4 members (excludes halogenated alkanes) is 3. The first-order valence-electron chi connectivity index (χ1n) is 14.4. The minimum atomic E-state index is -0.282. The first-order valence-corrected chi connectivity index (χ1v) is 14.4. The van der Waals surface area contributed by atoms with Crippen molar-refractivity contribution in [3.63, 3.8) is 0 Å². The third kappa shape index (κ3) is 6.82. The Hall–Kier alpha value is -3.43. The number of rotatable bonds is 15. The maximum absolute atomic E-state index is 12.6. The van der Waals surface area contributed by atoms with Crippen molar-refractivity contribution in [2.45, 2.75) is 38.5 Å². The fraction of sp³-hybridized carbons (Fsp3) is 0.516. The van der Waals surface area contributed by atoms with Crippen LogP contribution in [0.1, 0.15) is 80.1 Å². The molecule has 0 bridgehead atoms. The molecule has 0 fully saturated rings. The molecule has 2 aromatic rings. The van der Waals surface area contributed by atoms with E-state index >= 15 is 0 Å². The number of imide groups is 2. The van der Waals surface area contributed by atoms with Crippen LogP contribution in [-0.2, 0) is 0 Å². The summed E-state index contributed by atoms with van der Waals surface area (Å²) in [4.78, 5) is 56.9. The summed E-state index contributed by atoms with van der Waals surface area (Å²) in [6.07, 6.45) is 7.72. The molecule has 3 heterocycles. The van der Waals surface area contributed by atoms with E-state index in [0.717, 1.165) is 60.8 Å². The minimum Gasteiger partial charge on any atom is -0.328 e. The molecule has 9 nitrogen and oxygen atoms in total. The van der Waals surface area contributed by atoms with Crippen molar-refractivity contribution in [3.05, 3.63) is 65.0 Å². The Kier molecular flexibility index (Phi) is 9.15. The number of carbonyl (C=O) groups is 4. The largest absolute Gasteiger partial charge is 0.328 e. The van der Waals surface area contributed by atoms with Crippen LogP contribution in [0, 0.1) is 0 Å². The standard InChI is InChI=1S/C31H43N5O4/c1-35(2,22-12-18-33-28(37)24-14-7-8-15-25(24)29(33)38)20-9-5-6-10-21-36(3,4)23-13-19-34-30(39)26-16-11-17-32-27(26)31(34)40/h7-8,11,14-17H,5-6,9-10,12-13,18-23H2,1-4H3/q+2. The smallest absolute Gasteiger partial charge is 0.280 e. The van der Waals surface area contributed by atoms with Crippen LogP contribution in [0.2, 0.25) is 0 Å². The highest BCUT2D eigenvalue weighted by Gasteiger charge is 2.37. The highest BCUT2D eigenvalue weighted by Crippen LogP contribution is 2.23. The fourth-order valence-corrected chi connectivity index (χ4v) is 5.73. The zero-order valence-corrected chi connectivity index (χ0v) is 24.4. The van der Waals surface area contributed by atoms with E-state index in [1.807, 2.05) is 0 Å². The van der Waals surface area contributed by atoms with Crippen molar-refractivity contribution in [1.82, 2.24) is 14.8 Å². The van der Waals surface area contributed by atoms with Crippen LogP contribution in [0.4, 0.5) is 0 Å². The summed E-state index contributed by atoms with van der Waals surface area (Å²) in [7, 11) is 8.84. The normalized spacial score (nSPS) is 15.3. The fourth-order valence-electron chi connectivity index (χ4n) is 5.73. The Balaban J connectivity index is 1.07. The molecule has 0 spiro atoms. The van der Waals surface area contributed by atoms with E-state index in [9.17, 15) is 19.2 Å². The molecule has 4 amide bonds. The van der Waals surface area contributed by atoms with Crippen molar-refractivity contribution >= 4 is 23.6 Å². The van der Waals surface area contributed by atoms with E-state index in [-0.39, 0.29) is 29.3 Å². The summed E-state index contributed by atoms with van der Waals surface area (Å²) in [5.74, 6) is -0.861. The lowest BCUT2D eigenvalue weighted by Gasteiger charge is -2.31. The number of quaternary nitrogens is 2. The summed E-state index contributed by atoms with van der Waals surface area (Å²) < 4.78 is 1.73.